The van der Waals surface area contributed by atoms with Crippen LogP contribution in [0.3, 0.4) is 0 Å². The Labute approximate surface area is 101 Å². The van der Waals surface area contributed by atoms with Gasteiger partial charge in [-0.2, -0.15) is 9.61 Å². The zero-order valence-corrected chi connectivity index (χ0v) is 9.49. The summed E-state index contributed by atoms with van der Waals surface area (Å²) >= 11 is 5.05. The van der Waals surface area contributed by atoms with E-state index in [2.05, 4.69) is 15.3 Å². The third-order valence-electron chi connectivity index (χ3n) is 2.49. The number of hydrogen-bond donors (Lipinski definition) is 2. The predicted octanol–water partition coefficient (Wildman–Crippen LogP) is 1.75. The van der Waals surface area contributed by atoms with Crippen LogP contribution in [0.1, 0.15) is 0 Å². The molecular formula is C11H8N4OS. The number of hydrogen-bond acceptors (Lipinski definition) is 3. The van der Waals surface area contributed by atoms with Gasteiger partial charge < -0.3 is 0 Å². The summed E-state index contributed by atoms with van der Waals surface area (Å²) in [5.74, 6) is 0. The van der Waals surface area contributed by atoms with Crippen molar-refractivity contribution >= 4 is 17.7 Å². The van der Waals surface area contributed by atoms with Crippen molar-refractivity contribution in [2.45, 2.75) is 0 Å². The fraction of sp³-hybridized carbons (Fsp3) is 0. The quantitative estimate of drug-likeness (QED) is 0.641. The fourth-order valence-corrected chi connectivity index (χ4v) is 1.87. The maximum atomic E-state index is 11.6. The summed E-state index contributed by atoms with van der Waals surface area (Å²) in [5, 5.41) is 9.35. The minimum atomic E-state index is -0.242. The molecule has 0 atom stereocenters. The van der Waals surface area contributed by atoms with Gasteiger partial charge in [-0.1, -0.05) is 30.3 Å². The second-order valence-electron chi connectivity index (χ2n) is 3.58. The molecule has 17 heavy (non-hydrogen) atoms. The van der Waals surface area contributed by atoms with Crippen LogP contribution < -0.4 is 5.56 Å². The van der Waals surface area contributed by atoms with Gasteiger partial charge in [-0.25, -0.2) is 0 Å². The number of fused-ring (bicyclic) bond motifs is 1. The van der Waals surface area contributed by atoms with E-state index >= 15 is 0 Å². The van der Waals surface area contributed by atoms with E-state index in [1.807, 2.05) is 30.3 Å². The summed E-state index contributed by atoms with van der Waals surface area (Å²) in [7, 11) is 0. The maximum Gasteiger partial charge on any atom is 0.288 e. The largest absolute Gasteiger partial charge is 0.288 e. The molecule has 3 aromatic rings. The van der Waals surface area contributed by atoms with Crippen molar-refractivity contribution in [3.8, 4) is 11.3 Å². The molecule has 3 rings (SSSR count). The number of H-pyrrole nitrogens is 2. The highest BCUT2D eigenvalue weighted by Gasteiger charge is 2.07. The topological polar surface area (TPSA) is 66.0 Å². The molecule has 0 aliphatic carbocycles. The molecule has 0 saturated heterocycles. The molecule has 2 aromatic heterocycles. The van der Waals surface area contributed by atoms with Crippen LogP contribution >= 0.6 is 12.2 Å². The van der Waals surface area contributed by atoms with Crippen LogP contribution in [0.5, 0.6) is 0 Å². The molecule has 6 heteroatoms. The Hall–Kier alpha value is -2.21. The highest BCUT2D eigenvalue weighted by molar-refractivity contribution is 7.71. The lowest BCUT2D eigenvalue weighted by molar-refractivity contribution is 0.829. The van der Waals surface area contributed by atoms with E-state index in [0.29, 0.717) is 10.3 Å². The number of benzene rings is 1. The Balaban J connectivity index is 2.35. The fourth-order valence-electron chi connectivity index (χ4n) is 1.67. The van der Waals surface area contributed by atoms with Crippen LogP contribution in [-0.4, -0.2) is 19.8 Å². The van der Waals surface area contributed by atoms with Crippen molar-refractivity contribution in [2.24, 2.45) is 0 Å². The van der Waals surface area contributed by atoms with Crippen molar-refractivity contribution < 1.29 is 0 Å². The third-order valence-corrected chi connectivity index (χ3v) is 2.76. The minimum absolute atomic E-state index is 0.242. The molecule has 0 fully saturated rings. The first-order valence-corrected chi connectivity index (χ1v) is 5.43. The van der Waals surface area contributed by atoms with Crippen LogP contribution in [0.4, 0.5) is 0 Å². The van der Waals surface area contributed by atoms with Gasteiger partial charge in [0.1, 0.15) is 5.52 Å². The first-order chi connectivity index (χ1) is 8.25. The van der Waals surface area contributed by atoms with Crippen LogP contribution in [-0.2, 0) is 0 Å². The van der Waals surface area contributed by atoms with Gasteiger partial charge in [0.05, 0.1) is 5.69 Å². The van der Waals surface area contributed by atoms with Gasteiger partial charge in [0.25, 0.3) is 5.56 Å². The zero-order chi connectivity index (χ0) is 11.8. The SMILES string of the molecule is O=c1[nH][nH]c(=S)n2nc(-c3ccccc3)cc12. The normalized spacial score (nSPS) is 10.8. The molecule has 0 spiro atoms. The maximum absolute atomic E-state index is 11.6. The molecule has 0 aliphatic heterocycles. The van der Waals surface area contributed by atoms with Gasteiger partial charge in [0.15, 0.2) is 0 Å². The van der Waals surface area contributed by atoms with Crippen LogP contribution in [0.15, 0.2) is 41.2 Å². The predicted molar refractivity (Wildman–Crippen MR) is 66.4 cm³/mol. The molecule has 0 amide bonds. The van der Waals surface area contributed by atoms with Crippen molar-refractivity contribution in [1.29, 1.82) is 0 Å². The molecule has 5 nitrogen and oxygen atoms in total. The number of nitrogens with zero attached hydrogens (tertiary/aromatic N) is 2. The second kappa shape index (κ2) is 3.67. The first kappa shape index (κ1) is 9.98. The van der Waals surface area contributed by atoms with E-state index in [-0.39, 0.29) is 5.56 Å². The summed E-state index contributed by atoms with van der Waals surface area (Å²) in [6.45, 7) is 0. The Bertz CT molecular complexity index is 737. The Morgan fingerprint density at radius 2 is 1.94 bits per heavy atom. The summed E-state index contributed by atoms with van der Waals surface area (Å²) in [6.07, 6.45) is 0. The van der Waals surface area contributed by atoms with Crippen molar-refractivity contribution in [3.05, 3.63) is 51.5 Å². The average molecular weight is 244 g/mol. The number of aromatic nitrogens is 4. The highest BCUT2D eigenvalue weighted by Crippen LogP contribution is 2.17. The Morgan fingerprint density at radius 3 is 2.65 bits per heavy atom. The summed E-state index contributed by atoms with van der Waals surface area (Å²) < 4.78 is 1.79. The lowest BCUT2D eigenvalue weighted by Crippen LogP contribution is -2.12. The minimum Gasteiger partial charge on any atom is -0.272 e. The molecule has 84 valence electrons. The van der Waals surface area contributed by atoms with Crippen LogP contribution in [0.2, 0.25) is 0 Å². The van der Waals surface area contributed by atoms with Crippen LogP contribution in [0, 0.1) is 4.77 Å². The lowest BCUT2D eigenvalue weighted by atomic mass is 10.1. The van der Waals surface area contributed by atoms with E-state index in [9.17, 15) is 4.79 Å². The smallest absolute Gasteiger partial charge is 0.272 e. The molecule has 0 bridgehead atoms. The molecule has 0 aliphatic rings. The molecule has 0 saturated carbocycles. The number of rotatable bonds is 1. The molecular weight excluding hydrogens is 236 g/mol. The second-order valence-corrected chi connectivity index (χ2v) is 3.96. The number of aromatic amines is 2. The van der Waals surface area contributed by atoms with Crippen molar-refractivity contribution in [2.75, 3.05) is 0 Å². The average Bonchev–Trinajstić information content (AvgIpc) is 2.81. The van der Waals surface area contributed by atoms with E-state index in [0.717, 1.165) is 11.3 Å². The van der Waals surface area contributed by atoms with Crippen LogP contribution in [0.25, 0.3) is 16.8 Å². The van der Waals surface area contributed by atoms with Crippen molar-refractivity contribution in [3.63, 3.8) is 0 Å². The zero-order valence-electron chi connectivity index (χ0n) is 8.68. The van der Waals surface area contributed by atoms with Crippen molar-refractivity contribution in [1.82, 2.24) is 19.8 Å². The van der Waals surface area contributed by atoms with Gasteiger partial charge >= 0.3 is 0 Å². The molecule has 2 N–H and O–H groups in total. The molecule has 2 heterocycles. The third kappa shape index (κ3) is 1.58. The van der Waals surface area contributed by atoms with E-state index < -0.39 is 0 Å². The van der Waals surface area contributed by atoms with Gasteiger partial charge in [-0.15, -0.1) is 0 Å². The monoisotopic (exact) mass is 244 g/mol. The van der Waals surface area contributed by atoms with Gasteiger partial charge in [0.2, 0.25) is 4.77 Å². The standard InChI is InChI=1S/C11H8N4OS/c16-10-9-6-8(7-4-2-1-3-5-7)14-15(9)11(17)13-12-10/h1-6H,(H,12,16)(H,13,17). The summed E-state index contributed by atoms with van der Waals surface area (Å²) in [4.78, 5) is 11.6. The van der Waals surface area contributed by atoms with Gasteiger partial charge in [-0.05, 0) is 18.3 Å². The Kier molecular flexibility index (Phi) is 2.15. The molecule has 1 aromatic carbocycles. The highest BCUT2D eigenvalue weighted by atomic mass is 32.1. The number of nitrogens with one attached hydrogen (secondary N) is 2. The van der Waals surface area contributed by atoms with E-state index in [4.69, 9.17) is 12.2 Å². The lowest BCUT2D eigenvalue weighted by Gasteiger charge is -1.93. The summed E-state index contributed by atoms with van der Waals surface area (Å²) in [6, 6.07) is 11.4. The first-order valence-electron chi connectivity index (χ1n) is 5.02. The van der Waals surface area contributed by atoms with E-state index in [1.165, 1.54) is 4.52 Å². The van der Waals surface area contributed by atoms with E-state index in [1.54, 1.807) is 6.07 Å². The molecule has 0 radical (unpaired) electrons. The van der Waals surface area contributed by atoms with Gasteiger partial charge in [-0.3, -0.25) is 15.0 Å². The van der Waals surface area contributed by atoms with Gasteiger partial charge in [0, 0.05) is 5.56 Å². The Morgan fingerprint density at radius 1 is 1.18 bits per heavy atom. The molecule has 0 unspecified atom stereocenters. The summed E-state index contributed by atoms with van der Waals surface area (Å²) in [5.41, 5.74) is 1.87.